The molecule has 5 heteroatoms. The summed E-state index contributed by atoms with van der Waals surface area (Å²) in [6, 6.07) is 3.64. The lowest BCUT2D eigenvalue weighted by Crippen LogP contribution is -2.40. The van der Waals surface area contributed by atoms with Gasteiger partial charge in [0.25, 0.3) is 0 Å². The average molecular weight is 289 g/mol. The van der Waals surface area contributed by atoms with Crippen molar-refractivity contribution in [3.63, 3.8) is 0 Å². The second-order valence-corrected chi connectivity index (χ2v) is 5.63. The van der Waals surface area contributed by atoms with Gasteiger partial charge in [-0.05, 0) is 31.4 Å². The van der Waals surface area contributed by atoms with Crippen molar-refractivity contribution in [2.24, 2.45) is 5.92 Å². The number of hydrogen-bond donors (Lipinski definition) is 2. The van der Waals surface area contributed by atoms with E-state index in [1.165, 1.54) is 6.42 Å². The molecule has 2 rings (SSSR count). The molecule has 0 aliphatic heterocycles. The number of amides is 2. The molecular weight excluding hydrogens is 266 g/mol. The van der Waals surface area contributed by atoms with E-state index in [0.717, 1.165) is 31.2 Å². The smallest absolute Gasteiger partial charge is 0.239 e. The Bertz CT molecular complexity index is 470. The van der Waals surface area contributed by atoms with Crippen LogP contribution in [0.3, 0.4) is 0 Å². The molecule has 1 aromatic rings. The number of nitrogens with zero attached hydrogens (tertiary/aromatic N) is 1. The summed E-state index contributed by atoms with van der Waals surface area (Å²) in [5, 5.41) is 5.60. The molecule has 1 aliphatic carbocycles. The first-order chi connectivity index (χ1) is 10.2. The minimum absolute atomic E-state index is 0.0129. The zero-order chi connectivity index (χ0) is 15.1. The van der Waals surface area contributed by atoms with E-state index in [0.29, 0.717) is 0 Å². The van der Waals surface area contributed by atoms with Gasteiger partial charge in [0, 0.05) is 18.3 Å². The molecule has 5 nitrogen and oxygen atoms in total. The summed E-state index contributed by atoms with van der Waals surface area (Å²) in [5.41, 5.74) is 0.949. The lowest BCUT2D eigenvalue weighted by molar-refractivity contribution is -0.129. The minimum Gasteiger partial charge on any atom is -0.348 e. The van der Waals surface area contributed by atoms with Crippen molar-refractivity contribution >= 4 is 11.8 Å². The van der Waals surface area contributed by atoms with Crippen LogP contribution in [0.1, 0.15) is 50.6 Å². The van der Waals surface area contributed by atoms with E-state index in [1.807, 2.05) is 19.1 Å². The summed E-state index contributed by atoms with van der Waals surface area (Å²) in [6.07, 6.45) is 8.75. The van der Waals surface area contributed by atoms with E-state index < -0.39 is 0 Å². The van der Waals surface area contributed by atoms with E-state index in [4.69, 9.17) is 0 Å². The van der Waals surface area contributed by atoms with Gasteiger partial charge in [0.2, 0.25) is 11.8 Å². The Labute approximate surface area is 125 Å². The number of hydrogen-bond acceptors (Lipinski definition) is 3. The van der Waals surface area contributed by atoms with Crippen molar-refractivity contribution in [1.82, 2.24) is 15.6 Å². The third-order valence-electron chi connectivity index (χ3n) is 3.96. The van der Waals surface area contributed by atoms with Crippen molar-refractivity contribution in [1.29, 1.82) is 0 Å². The van der Waals surface area contributed by atoms with E-state index >= 15 is 0 Å². The Morgan fingerprint density at radius 1 is 1.33 bits per heavy atom. The highest BCUT2D eigenvalue weighted by Crippen LogP contribution is 2.23. The molecular formula is C16H23N3O2. The van der Waals surface area contributed by atoms with Gasteiger partial charge in [-0.15, -0.1) is 0 Å². The maximum absolute atomic E-state index is 12.0. The highest BCUT2D eigenvalue weighted by atomic mass is 16.2. The maximum Gasteiger partial charge on any atom is 0.239 e. The molecule has 114 valence electrons. The standard InChI is InChI=1S/C16H23N3O2/c1-12(14-8-5-9-17-10-14)19-15(20)11-18-16(21)13-6-3-2-4-7-13/h5,8-10,12-13H,2-4,6-7,11H2,1H3,(H,18,21)(H,19,20). The van der Waals surface area contributed by atoms with Crippen LogP contribution in [0.5, 0.6) is 0 Å². The van der Waals surface area contributed by atoms with Gasteiger partial charge in [0.1, 0.15) is 0 Å². The molecule has 1 aliphatic rings. The van der Waals surface area contributed by atoms with Gasteiger partial charge in [-0.2, -0.15) is 0 Å². The van der Waals surface area contributed by atoms with Crippen LogP contribution in [-0.2, 0) is 9.59 Å². The molecule has 1 aromatic heterocycles. The summed E-state index contributed by atoms with van der Waals surface area (Å²) in [7, 11) is 0. The lowest BCUT2D eigenvalue weighted by atomic mass is 9.89. The predicted octanol–water partition coefficient (Wildman–Crippen LogP) is 1.96. The average Bonchev–Trinajstić information content (AvgIpc) is 2.54. The van der Waals surface area contributed by atoms with Crippen LogP contribution in [0, 0.1) is 5.92 Å². The van der Waals surface area contributed by atoms with Gasteiger partial charge in [-0.1, -0.05) is 25.3 Å². The third-order valence-corrected chi connectivity index (χ3v) is 3.96. The van der Waals surface area contributed by atoms with Crippen molar-refractivity contribution in [3.8, 4) is 0 Å². The maximum atomic E-state index is 12.0. The molecule has 1 fully saturated rings. The van der Waals surface area contributed by atoms with Gasteiger partial charge in [-0.25, -0.2) is 0 Å². The quantitative estimate of drug-likeness (QED) is 0.870. The fourth-order valence-electron chi connectivity index (χ4n) is 2.68. The molecule has 1 heterocycles. The molecule has 0 bridgehead atoms. The highest BCUT2D eigenvalue weighted by molar-refractivity contribution is 5.86. The van der Waals surface area contributed by atoms with Crippen LogP contribution in [0.15, 0.2) is 24.5 Å². The van der Waals surface area contributed by atoms with E-state index in [1.54, 1.807) is 12.4 Å². The first kappa shape index (κ1) is 15.5. The van der Waals surface area contributed by atoms with Crippen molar-refractivity contribution < 1.29 is 9.59 Å². The highest BCUT2D eigenvalue weighted by Gasteiger charge is 2.21. The Morgan fingerprint density at radius 3 is 2.76 bits per heavy atom. The summed E-state index contributed by atoms with van der Waals surface area (Å²) in [4.78, 5) is 27.9. The molecule has 0 spiro atoms. The van der Waals surface area contributed by atoms with Crippen molar-refractivity contribution in [2.75, 3.05) is 6.54 Å². The predicted molar refractivity (Wildman–Crippen MR) is 80.4 cm³/mol. The number of aromatic nitrogens is 1. The number of nitrogens with one attached hydrogen (secondary N) is 2. The second-order valence-electron chi connectivity index (χ2n) is 5.63. The topological polar surface area (TPSA) is 71.1 Å². The number of pyridine rings is 1. The number of carbonyl (C=O) groups is 2. The molecule has 21 heavy (non-hydrogen) atoms. The Hall–Kier alpha value is -1.91. The minimum atomic E-state index is -0.171. The Kier molecular flexibility index (Phi) is 5.72. The molecule has 2 N–H and O–H groups in total. The van der Waals surface area contributed by atoms with Crippen molar-refractivity contribution in [2.45, 2.75) is 45.1 Å². The number of carbonyl (C=O) groups excluding carboxylic acids is 2. The SMILES string of the molecule is CC(NC(=O)CNC(=O)C1CCCCC1)c1cccnc1. The van der Waals surface area contributed by atoms with Gasteiger partial charge in [0.05, 0.1) is 12.6 Å². The first-order valence-electron chi connectivity index (χ1n) is 7.64. The van der Waals surface area contributed by atoms with Crippen LogP contribution in [0.25, 0.3) is 0 Å². The summed E-state index contributed by atoms with van der Waals surface area (Å²) < 4.78 is 0. The lowest BCUT2D eigenvalue weighted by Gasteiger charge is -2.21. The van der Waals surface area contributed by atoms with Gasteiger partial charge < -0.3 is 10.6 Å². The third kappa shape index (κ3) is 4.85. The zero-order valence-corrected chi connectivity index (χ0v) is 12.5. The summed E-state index contributed by atoms with van der Waals surface area (Å²) in [6.45, 7) is 1.94. The summed E-state index contributed by atoms with van der Waals surface area (Å²) >= 11 is 0. The molecule has 2 amide bonds. The van der Waals surface area contributed by atoms with E-state index in [2.05, 4.69) is 15.6 Å². The fraction of sp³-hybridized carbons (Fsp3) is 0.562. The second kappa shape index (κ2) is 7.76. The van der Waals surface area contributed by atoms with Crippen LogP contribution in [0.4, 0.5) is 0 Å². The fourth-order valence-corrected chi connectivity index (χ4v) is 2.68. The first-order valence-corrected chi connectivity index (χ1v) is 7.64. The molecule has 1 unspecified atom stereocenters. The Balaban J connectivity index is 1.73. The van der Waals surface area contributed by atoms with E-state index in [9.17, 15) is 9.59 Å². The zero-order valence-electron chi connectivity index (χ0n) is 12.5. The van der Waals surface area contributed by atoms with Crippen LogP contribution < -0.4 is 10.6 Å². The van der Waals surface area contributed by atoms with Crippen LogP contribution >= 0.6 is 0 Å². The number of rotatable bonds is 5. The van der Waals surface area contributed by atoms with Crippen LogP contribution in [0.2, 0.25) is 0 Å². The Morgan fingerprint density at radius 2 is 2.10 bits per heavy atom. The van der Waals surface area contributed by atoms with Gasteiger partial charge in [0.15, 0.2) is 0 Å². The van der Waals surface area contributed by atoms with Crippen molar-refractivity contribution in [3.05, 3.63) is 30.1 Å². The molecule has 0 radical (unpaired) electrons. The molecule has 0 aromatic carbocycles. The van der Waals surface area contributed by atoms with Crippen LogP contribution in [-0.4, -0.2) is 23.3 Å². The van der Waals surface area contributed by atoms with E-state index in [-0.39, 0.29) is 30.3 Å². The molecule has 1 atom stereocenters. The molecule has 0 saturated heterocycles. The normalized spacial score (nSPS) is 17.0. The van der Waals surface area contributed by atoms with Gasteiger partial charge >= 0.3 is 0 Å². The largest absolute Gasteiger partial charge is 0.348 e. The monoisotopic (exact) mass is 289 g/mol. The molecule has 1 saturated carbocycles. The summed E-state index contributed by atoms with van der Waals surface area (Å²) in [5.74, 6) is -0.0725. The van der Waals surface area contributed by atoms with Gasteiger partial charge in [-0.3, -0.25) is 14.6 Å².